The molecule has 1 atom stereocenters. The van der Waals surface area contributed by atoms with Crippen molar-refractivity contribution in [1.82, 2.24) is 10.3 Å². The fourth-order valence-electron chi connectivity index (χ4n) is 2.71. The number of nitrogen functional groups attached to an aromatic ring is 1. The van der Waals surface area contributed by atoms with Gasteiger partial charge in [0.15, 0.2) is 0 Å². The van der Waals surface area contributed by atoms with Crippen LogP contribution in [-0.2, 0) is 0 Å². The van der Waals surface area contributed by atoms with Gasteiger partial charge < -0.3 is 11.1 Å². The number of hydrogen-bond acceptors (Lipinski definition) is 4. The molecule has 3 N–H and O–H groups in total. The number of hydrogen-bond donors (Lipinski definition) is 2. The van der Waals surface area contributed by atoms with Crippen LogP contribution in [0.25, 0.3) is 10.2 Å². The number of aryl methyl sites for hydroxylation is 1. The Morgan fingerprint density at radius 1 is 1.57 bits per heavy atom. The van der Waals surface area contributed by atoms with E-state index in [1.54, 1.807) is 6.20 Å². The summed E-state index contributed by atoms with van der Waals surface area (Å²) in [4.78, 5) is 18.3. The van der Waals surface area contributed by atoms with Crippen LogP contribution in [0.3, 0.4) is 0 Å². The number of pyridine rings is 1. The maximum Gasteiger partial charge on any atom is 0.263 e. The maximum absolute atomic E-state index is 12.5. The summed E-state index contributed by atoms with van der Waals surface area (Å²) >= 11 is 1.38. The van der Waals surface area contributed by atoms with Crippen molar-refractivity contribution in [3.8, 4) is 0 Å². The molecule has 0 aromatic carbocycles. The highest BCUT2D eigenvalue weighted by Gasteiger charge is 2.27. The zero-order valence-electron chi connectivity index (χ0n) is 12.5. The van der Waals surface area contributed by atoms with Gasteiger partial charge in [-0.2, -0.15) is 0 Å². The SMILES string of the molecule is CCC(CC1CC1)NC(=O)c1sc2nccc(C)c2c1N. The van der Waals surface area contributed by atoms with Gasteiger partial charge in [-0.15, -0.1) is 11.3 Å². The quantitative estimate of drug-likeness (QED) is 0.888. The minimum absolute atomic E-state index is 0.0533. The standard InChI is InChI=1S/C16H21N3OS/c1-3-11(8-10-4-5-10)19-15(20)14-13(17)12-9(2)6-7-18-16(12)21-14/h6-7,10-11H,3-5,8,17H2,1-2H3,(H,19,20). The van der Waals surface area contributed by atoms with E-state index < -0.39 is 0 Å². The summed E-state index contributed by atoms with van der Waals surface area (Å²) in [6.45, 7) is 4.12. The van der Waals surface area contributed by atoms with E-state index in [2.05, 4.69) is 17.2 Å². The highest BCUT2D eigenvalue weighted by molar-refractivity contribution is 7.21. The zero-order valence-corrected chi connectivity index (χ0v) is 13.3. The number of thiophene rings is 1. The number of carbonyl (C=O) groups excluding carboxylic acids is 1. The minimum Gasteiger partial charge on any atom is -0.397 e. The molecule has 112 valence electrons. The van der Waals surface area contributed by atoms with E-state index in [9.17, 15) is 4.79 Å². The first-order chi connectivity index (χ1) is 10.1. The van der Waals surface area contributed by atoms with E-state index in [0.29, 0.717) is 10.6 Å². The maximum atomic E-state index is 12.5. The van der Waals surface area contributed by atoms with Crippen molar-refractivity contribution < 1.29 is 4.79 Å². The van der Waals surface area contributed by atoms with Crippen LogP contribution in [0.5, 0.6) is 0 Å². The molecule has 0 radical (unpaired) electrons. The number of aromatic nitrogens is 1. The predicted molar refractivity (Wildman–Crippen MR) is 87.7 cm³/mol. The highest BCUT2D eigenvalue weighted by atomic mass is 32.1. The fourth-order valence-corrected chi connectivity index (χ4v) is 3.75. The Kier molecular flexibility index (Phi) is 3.85. The largest absolute Gasteiger partial charge is 0.397 e. The Labute approximate surface area is 128 Å². The highest BCUT2D eigenvalue weighted by Crippen LogP contribution is 2.36. The summed E-state index contributed by atoms with van der Waals surface area (Å²) in [6.07, 6.45) is 6.42. The van der Waals surface area contributed by atoms with Gasteiger partial charge in [-0.25, -0.2) is 4.98 Å². The van der Waals surface area contributed by atoms with E-state index in [1.807, 2.05) is 13.0 Å². The van der Waals surface area contributed by atoms with Crippen molar-refractivity contribution in [1.29, 1.82) is 0 Å². The summed E-state index contributed by atoms with van der Waals surface area (Å²) in [5.41, 5.74) is 7.82. The summed E-state index contributed by atoms with van der Waals surface area (Å²) < 4.78 is 0. The number of carbonyl (C=O) groups is 1. The molecule has 1 aliphatic rings. The van der Waals surface area contributed by atoms with Crippen LogP contribution in [-0.4, -0.2) is 16.9 Å². The Morgan fingerprint density at radius 2 is 2.33 bits per heavy atom. The van der Waals surface area contributed by atoms with Crippen LogP contribution < -0.4 is 11.1 Å². The number of fused-ring (bicyclic) bond motifs is 1. The number of rotatable bonds is 5. The van der Waals surface area contributed by atoms with Gasteiger partial charge in [-0.1, -0.05) is 19.8 Å². The van der Waals surface area contributed by atoms with Crippen LogP contribution in [0, 0.1) is 12.8 Å². The molecule has 2 heterocycles. The van der Waals surface area contributed by atoms with Gasteiger partial charge in [0.05, 0.1) is 5.69 Å². The van der Waals surface area contributed by atoms with Crippen molar-refractivity contribution in [2.45, 2.75) is 45.6 Å². The van der Waals surface area contributed by atoms with Crippen molar-refractivity contribution in [3.05, 3.63) is 22.7 Å². The van der Waals surface area contributed by atoms with E-state index >= 15 is 0 Å². The normalized spacial score (nSPS) is 16.1. The van der Waals surface area contributed by atoms with Gasteiger partial charge in [0.1, 0.15) is 9.71 Å². The first kappa shape index (κ1) is 14.3. The molecule has 21 heavy (non-hydrogen) atoms. The molecule has 2 aromatic heterocycles. The lowest BCUT2D eigenvalue weighted by molar-refractivity contribution is 0.0937. The van der Waals surface area contributed by atoms with Crippen molar-refractivity contribution in [3.63, 3.8) is 0 Å². The molecule has 5 heteroatoms. The summed E-state index contributed by atoms with van der Waals surface area (Å²) in [6, 6.07) is 2.18. The Balaban J connectivity index is 1.83. The third-order valence-electron chi connectivity index (χ3n) is 4.19. The van der Waals surface area contributed by atoms with Gasteiger partial charge in [-0.3, -0.25) is 4.79 Å². The Bertz CT molecular complexity index is 675. The van der Waals surface area contributed by atoms with E-state index in [1.165, 1.54) is 24.2 Å². The van der Waals surface area contributed by atoms with Crippen LogP contribution >= 0.6 is 11.3 Å². The Morgan fingerprint density at radius 3 is 2.95 bits per heavy atom. The number of nitrogens with two attached hydrogens (primary N) is 1. The number of anilines is 1. The first-order valence-corrected chi connectivity index (χ1v) is 8.36. The number of nitrogens with zero attached hydrogens (tertiary/aromatic N) is 1. The molecule has 3 rings (SSSR count). The molecule has 2 aromatic rings. The molecular formula is C16H21N3OS. The lowest BCUT2D eigenvalue weighted by atomic mass is 10.1. The van der Waals surface area contributed by atoms with Gasteiger partial charge in [0.2, 0.25) is 0 Å². The van der Waals surface area contributed by atoms with Crippen LogP contribution in [0.15, 0.2) is 12.3 Å². The van der Waals surface area contributed by atoms with E-state index in [4.69, 9.17) is 5.73 Å². The number of amides is 1. The summed E-state index contributed by atoms with van der Waals surface area (Å²) in [5, 5.41) is 4.06. The zero-order chi connectivity index (χ0) is 15.0. The fraction of sp³-hybridized carbons (Fsp3) is 0.500. The van der Waals surface area contributed by atoms with Gasteiger partial charge in [0, 0.05) is 17.6 Å². The lowest BCUT2D eigenvalue weighted by Crippen LogP contribution is -2.34. The van der Waals surface area contributed by atoms with Crippen molar-refractivity contribution >= 4 is 33.1 Å². The molecule has 0 bridgehead atoms. The van der Waals surface area contributed by atoms with Crippen LogP contribution in [0.1, 0.15) is 47.8 Å². The molecule has 4 nitrogen and oxygen atoms in total. The van der Waals surface area contributed by atoms with E-state index in [0.717, 1.165) is 34.5 Å². The third kappa shape index (κ3) is 2.88. The molecule has 0 aliphatic heterocycles. The van der Waals surface area contributed by atoms with Gasteiger partial charge >= 0.3 is 0 Å². The third-order valence-corrected chi connectivity index (χ3v) is 5.30. The molecule has 1 fully saturated rings. The number of nitrogens with one attached hydrogen (secondary N) is 1. The predicted octanol–water partition coefficient (Wildman–Crippen LogP) is 3.50. The van der Waals surface area contributed by atoms with Gasteiger partial charge in [-0.05, 0) is 37.3 Å². The second-order valence-electron chi connectivity index (χ2n) is 5.91. The molecule has 1 unspecified atom stereocenters. The molecule has 0 saturated heterocycles. The Hall–Kier alpha value is -1.62. The van der Waals surface area contributed by atoms with Crippen LogP contribution in [0.2, 0.25) is 0 Å². The smallest absolute Gasteiger partial charge is 0.263 e. The second kappa shape index (κ2) is 5.64. The topological polar surface area (TPSA) is 68.0 Å². The van der Waals surface area contributed by atoms with E-state index in [-0.39, 0.29) is 11.9 Å². The summed E-state index contributed by atoms with van der Waals surface area (Å²) in [7, 11) is 0. The average Bonchev–Trinajstić information content (AvgIpc) is 3.20. The minimum atomic E-state index is -0.0533. The molecule has 1 saturated carbocycles. The molecular weight excluding hydrogens is 282 g/mol. The molecule has 1 amide bonds. The van der Waals surface area contributed by atoms with Gasteiger partial charge in [0.25, 0.3) is 5.91 Å². The second-order valence-corrected chi connectivity index (χ2v) is 6.91. The summed E-state index contributed by atoms with van der Waals surface area (Å²) in [5.74, 6) is 0.751. The monoisotopic (exact) mass is 303 g/mol. The van der Waals surface area contributed by atoms with Crippen molar-refractivity contribution in [2.75, 3.05) is 5.73 Å². The molecule has 0 spiro atoms. The molecule has 1 aliphatic carbocycles. The first-order valence-electron chi connectivity index (χ1n) is 7.54. The van der Waals surface area contributed by atoms with Crippen molar-refractivity contribution in [2.24, 2.45) is 5.92 Å². The van der Waals surface area contributed by atoms with Crippen LogP contribution in [0.4, 0.5) is 5.69 Å². The average molecular weight is 303 g/mol. The lowest BCUT2D eigenvalue weighted by Gasteiger charge is -2.16.